The number of amides is 2. The summed E-state index contributed by atoms with van der Waals surface area (Å²) in [7, 11) is 0. The molecule has 2 aromatic rings. The fourth-order valence-corrected chi connectivity index (χ4v) is 2.72. The number of carboxylic acid groups (broad SMARTS) is 1. The second kappa shape index (κ2) is 5.91. The van der Waals surface area contributed by atoms with Gasteiger partial charge in [0.15, 0.2) is 0 Å². The van der Waals surface area contributed by atoms with Gasteiger partial charge in [-0.05, 0) is 48.4 Å². The summed E-state index contributed by atoms with van der Waals surface area (Å²) in [5.74, 6) is -0.880. The lowest BCUT2D eigenvalue weighted by atomic mass is 9.90. The molecule has 1 aliphatic rings. The zero-order valence-corrected chi connectivity index (χ0v) is 13.4. The van der Waals surface area contributed by atoms with Gasteiger partial charge in [0.1, 0.15) is 6.33 Å². The number of hydrogen-bond donors (Lipinski definition) is 2. The zero-order chi connectivity index (χ0) is 17.3. The third kappa shape index (κ3) is 2.92. The van der Waals surface area contributed by atoms with Gasteiger partial charge in [0, 0.05) is 18.8 Å². The Morgan fingerprint density at radius 1 is 1.38 bits per heavy atom. The van der Waals surface area contributed by atoms with Crippen molar-refractivity contribution >= 4 is 17.7 Å². The van der Waals surface area contributed by atoms with E-state index in [1.807, 2.05) is 13.0 Å². The van der Waals surface area contributed by atoms with Crippen LogP contribution in [0.1, 0.15) is 18.9 Å². The number of urea groups is 1. The molecule has 1 unspecified atom stereocenters. The van der Waals surface area contributed by atoms with Crippen LogP contribution in [0, 0.1) is 12.3 Å². The van der Waals surface area contributed by atoms with Crippen LogP contribution in [0.15, 0.2) is 24.5 Å². The quantitative estimate of drug-likeness (QED) is 0.877. The van der Waals surface area contributed by atoms with Gasteiger partial charge in [-0.25, -0.2) is 9.48 Å². The summed E-state index contributed by atoms with van der Waals surface area (Å²) < 4.78 is 1.52. The fourth-order valence-electron chi connectivity index (χ4n) is 2.72. The highest BCUT2D eigenvalue weighted by atomic mass is 16.4. The minimum Gasteiger partial charge on any atom is -0.481 e. The molecule has 2 N–H and O–H groups in total. The van der Waals surface area contributed by atoms with E-state index in [4.69, 9.17) is 0 Å². The van der Waals surface area contributed by atoms with Crippen LogP contribution in [0.5, 0.6) is 0 Å². The number of benzene rings is 1. The predicted octanol–water partition coefficient (Wildman–Crippen LogP) is 1.30. The Balaban J connectivity index is 1.74. The third-order valence-electron chi connectivity index (χ3n) is 4.33. The number of nitrogens with one attached hydrogen (secondary N) is 1. The predicted molar refractivity (Wildman–Crippen MR) is 84.8 cm³/mol. The molecular weight excluding hydrogens is 312 g/mol. The Kier molecular flexibility index (Phi) is 3.92. The normalized spacial score (nSPS) is 20.2. The summed E-state index contributed by atoms with van der Waals surface area (Å²) in [4.78, 5) is 25.2. The molecule has 1 fully saturated rings. The zero-order valence-electron chi connectivity index (χ0n) is 13.4. The first-order chi connectivity index (χ1) is 11.4. The maximum atomic E-state index is 12.4. The Morgan fingerprint density at radius 3 is 2.79 bits per heavy atom. The van der Waals surface area contributed by atoms with Crippen LogP contribution in [0.4, 0.5) is 10.5 Å². The monoisotopic (exact) mass is 330 g/mol. The molecule has 1 atom stereocenters. The number of tetrazole rings is 1. The largest absolute Gasteiger partial charge is 0.481 e. The van der Waals surface area contributed by atoms with E-state index in [2.05, 4.69) is 20.8 Å². The van der Waals surface area contributed by atoms with Crippen LogP contribution in [0.2, 0.25) is 0 Å². The third-order valence-corrected chi connectivity index (χ3v) is 4.33. The minimum absolute atomic E-state index is 0.194. The molecule has 3 rings (SSSR count). The molecule has 1 aromatic carbocycles. The molecule has 2 amide bonds. The fraction of sp³-hybridized carbons (Fsp3) is 0.400. The lowest BCUT2D eigenvalue weighted by molar-refractivity contribution is -0.146. The van der Waals surface area contributed by atoms with E-state index in [0.717, 1.165) is 11.3 Å². The number of anilines is 1. The molecule has 9 nitrogen and oxygen atoms in total. The first kappa shape index (κ1) is 15.9. The van der Waals surface area contributed by atoms with Crippen molar-refractivity contribution in [1.29, 1.82) is 0 Å². The molecule has 1 aliphatic heterocycles. The minimum atomic E-state index is -0.887. The molecule has 0 saturated carbocycles. The maximum absolute atomic E-state index is 12.4. The van der Waals surface area contributed by atoms with Gasteiger partial charge < -0.3 is 15.3 Å². The number of carbonyl (C=O) groups is 2. The summed E-state index contributed by atoms with van der Waals surface area (Å²) in [5.41, 5.74) is 1.43. The molecule has 1 saturated heterocycles. The Morgan fingerprint density at radius 2 is 2.17 bits per heavy atom. The molecule has 2 heterocycles. The SMILES string of the molecule is Cc1ccc(NC(=O)N2CCC(C)(C(=O)O)C2)cc1-n1cnnn1. The van der Waals surface area contributed by atoms with Gasteiger partial charge in [-0.2, -0.15) is 0 Å². The summed E-state index contributed by atoms with van der Waals surface area (Å²) in [6.45, 7) is 4.19. The number of aliphatic carboxylic acids is 1. The molecule has 126 valence electrons. The standard InChI is InChI=1S/C15H18N6O3/c1-10-3-4-11(7-12(10)21-9-16-18-19-21)17-14(24)20-6-5-15(2,8-20)13(22)23/h3-4,7,9H,5-6,8H2,1-2H3,(H,17,24)(H,22,23). The van der Waals surface area contributed by atoms with Crippen molar-refractivity contribution < 1.29 is 14.7 Å². The molecule has 1 aromatic heterocycles. The van der Waals surface area contributed by atoms with Crippen LogP contribution >= 0.6 is 0 Å². The molecule has 0 spiro atoms. The van der Waals surface area contributed by atoms with Crippen molar-refractivity contribution in [2.24, 2.45) is 5.41 Å². The molecule has 24 heavy (non-hydrogen) atoms. The molecular formula is C15H18N6O3. The number of carboxylic acids is 1. The van der Waals surface area contributed by atoms with Crippen LogP contribution < -0.4 is 5.32 Å². The first-order valence-electron chi connectivity index (χ1n) is 7.52. The van der Waals surface area contributed by atoms with Gasteiger partial charge in [0.2, 0.25) is 0 Å². The highest BCUT2D eigenvalue weighted by Crippen LogP contribution is 2.30. The first-order valence-corrected chi connectivity index (χ1v) is 7.52. The van der Waals surface area contributed by atoms with Crippen LogP contribution in [-0.4, -0.2) is 55.3 Å². The van der Waals surface area contributed by atoms with E-state index in [9.17, 15) is 14.7 Å². The van der Waals surface area contributed by atoms with Crippen molar-refractivity contribution in [3.05, 3.63) is 30.1 Å². The summed E-state index contributed by atoms with van der Waals surface area (Å²) in [6, 6.07) is 5.10. The Hall–Kier alpha value is -2.97. The van der Waals surface area contributed by atoms with Crippen molar-refractivity contribution in [3.63, 3.8) is 0 Å². The lowest BCUT2D eigenvalue weighted by Crippen LogP contribution is -2.37. The Labute approximate surface area is 138 Å². The highest BCUT2D eigenvalue weighted by molar-refractivity contribution is 5.90. The molecule has 0 radical (unpaired) electrons. The van der Waals surface area contributed by atoms with E-state index in [1.54, 1.807) is 19.1 Å². The number of hydrogen-bond acceptors (Lipinski definition) is 5. The van der Waals surface area contributed by atoms with E-state index >= 15 is 0 Å². The number of nitrogens with zero attached hydrogens (tertiary/aromatic N) is 5. The summed E-state index contributed by atoms with van der Waals surface area (Å²) in [5, 5.41) is 23.1. The van der Waals surface area contributed by atoms with Crippen LogP contribution in [0.25, 0.3) is 5.69 Å². The summed E-state index contributed by atoms with van der Waals surface area (Å²) >= 11 is 0. The van der Waals surface area contributed by atoms with Gasteiger partial charge in [0.25, 0.3) is 0 Å². The molecule has 9 heteroatoms. The summed E-state index contributed by atoms with van der Waals surface area (Å²) in [6.07, 6.45) is 1.92. The number of rotatable bonds is 3. The number of aryl methyl sites for hydroxylation is 1. The lowest BCUT2D eigenvalue weighted by Gasteiger charge is -2.20. The van der Waals surface area contributed by atoms with Gasteiger partial charge in [-0.15, -0.1) is 5.10 Å². The molecule has 0 aliphatic carbocycles. The average Bonchev–Trinajstić information content (AvgIpc) is 3.19. The smallest absolute Gasteiger partial charge is 0.321 e. The second-order valence-electron chi connectivity index (χ2n) is 6.22. The van der Waals surface area contributed by atoms with E-state index < -0.39 is 11.4 Å². The van der Waals surface area contributed by atoms with Crippen molar-refractivity contribution in [3.8, 4) is 5.69 Å². The topological polar surface area (TPSA) is 113 Å². The highest BCUT2D eigenvalue weighted by Gasteiger charge is 2.42. The van der Waals surface area contributed by atoms with Gasteiger partial charge in [0.05, 0.1) is 11.1 Å². The van der Waals surface area contributed by atoms with Crippen molar-refractivity contribution in [2.45, 2.75) is 20.3 Å². The van der Waals surface area contributed by atoms with E-state index in [-0.39, 0.29) is 12.6 Å². The van der Waals surface area contributed by atoms with Crippen molar-refractivity contribution in [1.82, 2.24) is 25.1 Å². The van der Waals surface area contributed by atoms with Gasteiger partial charge >= 0.3 is 12.0 Å². The number of aromatic nitrogens is 4. The van der Waals surface area contributed by atoms with Crippen molar-refractivity contribution in [2.75, 3.05) is 18.4 Å². The second-order valence-corrected chi connectivity index (χ2v) is 6.22. The van der Waals surface area contributed by atoms with Crippen LogP contribution in [-0.2, 0) is 4.79 Å². The van der Waals surface area contributed by atoms with Crippen LogP contribution in [0.3, 0.4) is 0 Å². The van der Waals surface area contributed by atoms with Gasteiger partial charge in [-0.1, -0.05) is 6.07 Å². The number of likely N-dealkylation sites (tertiary alicyclic amines) is 1. The average molecular weight is 330 g/mol. The Bertz CT molecular complexity index is 776. The maximum Gasteiger partial charge on any atom is 0.321 e. The molecule has 0 bridgehead atoms. The number of carbonyl (C=O) groups excluding carboxylic acids is 1. The van der Waals surface area contributed by atoms with E-state index in [1.165, 1.54) is 15.9 Å². The van der Waals surface area contributed by atoms with Gasteiger partial charge in [-0.3, -0.25) is 4.79 Å². The van der Waals surface area contributed by atoms with E-state index in [0.29, 0.717) is 18.7 Å².